The molecule has 3 heterocycles. The second-order valence-corrected chi connectivity index (χ2v) is 6.39. The van der Waals surface area contributed by atoms with E-state index in [1.807, 2.05) is 16.9 Å². The van der Waals surface area contributed by atoms with Gasteiger partial charge in [-0.2, -0.15) is 11.8 Å². The van der Waals surface area contributed by atoms with Gasteiger partial charge in [0.25, 0.3) is 5.56 Å². The maximum atomic E-state index is 12.5. The zero-order valence-corrected chi connectivity index (χ0v) is 12.3. The number of carbonyl (C=O) groups is 1. The minimum absolute atomic E-state index is 0.0615. The summed E-state index contributed by atoms with van der Waals surface area (Å²) >= 11 is 1.45. The van der Waals surface area contributed by atoms with Gasteiger partial charge in [-0.25, -0.2) is 0 Å². The third-order valence-corrected chi connectivity index (χ3v) is 4.61. The number of hydrogen-bond donors (Lipinski definition) is 2. The second-order valence-electron chi connectivity index (χ2n) is 5.53. The molecule has 0 radical (unpaired) electrons. The highest BCUT2D eigenvalue weighted by atomic mass is 32.2. The minimum Gasteiger partial charge on any atom is -0.321 e. The lowest BCUT2D eigenvalue weighted by atomic mass is 9.84. The van der Waals surface area contributed by atoms with Crippen LogP contribution >= 0.6 is 11.8 Å². The Morgan fingerprint density at radius 1 is 1.50 bits per heavy atom. The van der Waals surface area contributed by atoms with E-state index in [-0.39, 0.29) is 11.5 Å². The summed E-state index contributed by atoms with van der Waals surface area (Å²) in [6, 6.07) is 3.74. The lowest BCUT2D eigenvalue weighted by Crippen LogP contribution is -2.45. The highest BCUT2D eigenvalue weighted by Crippen LogP contribution is 2.32. The summed E-state index contributed by atoms with van der Waals surface area (Å²) in [6.45, 7) is 2.67. The van der Waals surface area contributed by atoms with Crippen LogP contribution in [0.3, 0.4) is 0 Å². The van der Waals surface area contributed by atoms with E-state index in [4.69, 9.17) is 0 Å². The van der Waals surface area contributed by atoms with Crippen LogP contribution in [0.1, 0.15) is 18.0 Å². The molecule has 2 aliphatic rings. The molecule has 6 heteroatoms. The molecule has 3 rings (SSSR count). The van der Waals surface area contributed by atoms with Gasteiger partial charge in [0.2, 0.25) is 5.91 Å². The largest absolute Gasteiger partial charge is 0.321 e. The van der Waals surface area contributed by atoms with Crippen molar-refractivity contribution in [3.8, 4) is 0 Å². The molecule has 2 N–H and O–H groups in total. The standard InChI is InChI=1S/C14H19N3O2S/c1-20-8-13(18)16-11-2-3-12-10-4-9(5-15-6-10)7-17(12)14(11)19/h2-3,9-10,15H,4-8H2,1H3,(H,16,18). The third-order valence-electron chi connectivity index (χ3n) is 4.06. The molecular weight excluding hydrogens is 274 g/mol. The molecule has 20 heavy (non-hydrogen) atoms. The number of aromatic nitrogens is 1. The van der Waals surface area contributed by atoms with Gasteiger partial charge in [-0.3, -0.25) is 9.59 Å². The smallest absolute Gasteiger partial charge is 0.274 e. The number of carbonyl (C=O) groups excluding carboxylic acids is 1. The molecule has 1 amide bonds. The first-order valence-electron chi connectivity index (χ1n) is 6.92. The number of amides is 1. The van der Waals surface area contributed by atoms with E-state index < -0.39 is 0 Å². The van der Waals surface area contributed by atoms with Gasteiger partial charge in [-0.15, -0.1) is 0 Å². The van der Waals surface area contributed by atoms with Gasteiger partial charge in [0.05, 0.1) is 5.75 Å². The van der Waals surface area contributed by atoms with E-state index in [0.29, 0.717) is 23.3 Å². The van der Waals surface area contributed by atoms with Gasteiger partial charge < -0.3 is 15.2 Å². The van der Waals surface area contributed by atoms with Gasteiger partial charge in [0.1, 0.15) is 5.69 Å². The summed E-state index contributed by atoms with van der Waals surface area (Å²) in [6.07, 6.45) is 3.03. The lowest BCUT2D eigenvalue weighted by Gasteiger charge is -2.37. The van der Waals surface area contributed by atoms with Gasteiger partial charge in [0.15, 0.2) is 0 Å². The number of anilines is 1. The fourth-order valence-electron chi connectivity index (χ4n) is 3.20. The summed E-state index contributed by atoms with van der Waals surface area (Å²) in [4.78, 5) is 24.1. The molecule has 0 spiro atoms. The molecule has 1 saturated heterocycles. The quantitative estimate of drug-likeness (QED) is 0.867. The third kappa shape index (κ3) is 2.50. The van der Waals surface area contributed by atoms with E-state index in [0.717, 1.165) is 31.7 Å². The minimum atomic E-state index is -0.118. The normalized spacial score (nSPS) is 24.1. The number of pyridine rings is 1. The number of thioether (sulfide) groups is 1. The van der Waals surface area contributed by atoms with Crippen LogP contribution in [0.25, 0.3) is 0 Å². The van der Waals surface area contributed by atoms with Crippen LogP contribution in [0.2, 0.25) is 0 Å². The topological polar surface area (TPSA) is 63.1 Å². The molecule has 2 atom stereocenters. The van der Waals surface area contributed by atoms with E-state index in [1.165, 1.54) is 11.8 Å². The number of piperidine rings is 1. The molecule has 2 unspecified atom stereocenters. The zero-order chi connectivity index (χ0) is 14.1. The summed E-state index contributed by atoms with van der Waals surface area (Å²) in [5.74, 6) is 1.20. The van der Waals surface area contributed by atoms with Crippen molar-refractivity contribution in [1.29, 1.82) is 0 Å². The van der Waals surface area contributed by atoms with Gasteiger partial charge >= 0.3 is 0 Å². The van der Waals surface area contributed by atoms with Gasteiger partial charge in [0, 0.05) is 24.7 Å². The van der Waals surface area contributed by atoms with Crippen molar-refractivity contribution in [3.63, 3.8) is 0 Å². The Labute approximate surface area is 122 Å². The van der Waals surface area contributed by atoms with Crippen LogP contribution in [-0.4, -0.2) is 35.6 Å². The Kier molecular flexibility index (Phi) is 3.85. The van der Waals surface area contributed by atoms with Crippen molar-refractivity contribution in [1.82, 2.24) is 9.88 Å². The molecule has 0 saturated carbocycles. The Morgan fingerprint density at radius 2 is 2.35 bits per heavy atom. The lowest BCUT2D eigenvalue weighted by molar-refractivity contribution is -0.113. The number of nitrogens with one attached hydrogen (secondary N) is 2. The maximum absolute atomic E-state index is 12.5. The van der Waals surface area contributed by atoms with Crippen LogP contribution in [-0.2, 0) is 11.3 Å². The van der Waals surface area contributed by atoms with Crippen molar-refractivity contribution in [2.75, 3.05) is 30.4 Å². The second kappa shape index (κ2) is 5.61. The monoisotopic (exact) mass is 293 g/mol. The van der Waals surface area contributed by atoms with Crippen molar-refractivity contribution < 1.29 is 4.79 Å². The summed E-state index contributed by atoms with van der Waals surface area (Å²) < 4.78 is 1.86. The Morgan fingerprint density at radius 3 is 3.15 bits per heavy atom. The van der Waals surface area contributed by atoms with Gasteiger partial charge in [-0.1, -0.05) is 0 Å². The number of fused-ring (bicyclic) bond motifs is 4. The first-order chi connectivity index (χ1) is 9.69. The maximum Gasteiger partial charge on any atom is 0.274 e. The van der Waals surface area contributed by atoms with Crippen molar-refractivity contribution in [2.45, 2.75) is 18.9 Å². The molecule has 1 aromatic rings. The first kappa shape index (κ1) is 13.7. The fourth-order valence-corrected chi connectivity index (χ4v) is 3.54. The van der Waals surface area contributed by atoms with Crippen molar-refractivity contribution >= 4 is 23.4 Å². The van der Waals surface area contributed by atoms with Crippen LogP contribution in [0.5, 0.6) is 0 Å². The molecule has 1 aromatic heterocycles. The van der Waals surface area contributed by atoms with Crippen molar-refractivity contribution in [2.24, 2.45) is 5.92 Å². The Balaban J connectivity index is 1.91. The molecule has 0 aliphatic carbocycles. The Bertz CT molecular complexity index is 584. The van der Waals surface area contributed by atoms with Crippen LogP contribution in [0.15, 0.2) is 16.9 Å². The first-order valence-corrected chi connectivity index (χ1v) is 8.31. The average Bonchev–Trinajstić information content (AvgIpc) is 2.43. The molecular formula is C14H19N3O2S. The molecule has 1 fully saturated rings. The molecule has 108 valence electrons. The summed E-state index contributed by atoms with van der Waals surface area (Å²) in [5, 5.41) is 6.14. The predicted molar refractivity (Wildman–Crippen MR) is 81.4 cm³/mol. The number of nitrogens with zero attached hydrogens (tertiary/aromatic N) is 1. The highest BCUT2D eigenvalue weighted by Gasteiger charge is 2.31. The number of hydrogen-bond acceptors (Lipinski definition) is 4. The van der Waals surface area contributed by atoms with E-state index in [9.17, 15) is 9.59 Å². The van der Waals surface area contributed by atoms with Crippen LogP contribution < -0.4 is 16.2 Å². The molecule has 2 aliphatic heterocycles. The molecule has 2 bridgehead atoms. The zero-order valence-electron chi connectivity index (χ0n) is 11.5. The Hall–Kier alpha value is -1.27. The van der Waals surface area contributed by atoms with E-state index >= 15 is 0 Å². The van der Waals surface area contributed by atoms with E-state index in [2.05, 4.69) is 10.6 Å². The summed E-state index contributed by atoms with van der Waals surface area (Å²) in [7, 11) is 0. The molecule has 0 aromatic carbocycles. The highest BCUT2D eigenvalue weighted by molar-refractivity contribution is 7.99. The predicted octanol–water partition coefficient (Wildman–Crippen LogP) is 0.856. The van der Waals surface area contributed by atoms with Gasteiger partial charge in [-0.05, 0) is 37.3 Å². The SMILES string of the molecule is CSCC(=O)Nc1ccc2n(c1=O)CC1CNCC2C1. The summed E-state index contributed by atoms with van der Waals surface area (Å²) in [5.41, 5.74) is 1.44. The van der Waals surface area contributed by atoms with Crippen LogP contribution in [0.4, 0.5) is 5.69 Å². The molecule has 5 nitrogen and oxygen atoms in total. The number of rotatable bonds is 3. The van der Waals surface area contributed by atoms with Crippen LogP contribution in [0, 0.1) is 5.92 Å². The average molecular weight is 293 g/mol. The van der Waals surface area contributed by atoms with Crippen molar-refractivity contribution in [3.05, 3.63) is 28.2 Å². The van der Waals surface area contributed by atoms with E-state index in [1.54, 1.807) is 6.07 Å². The fraction of sp³-hybridized carbons (Fsp3) is 0.571.